The summed E-state index contributed by atoms with van der Waals surface area (Å²) in [5, 5.41) is 0. The van der Waals surface area contributed by atoms with Crippen LogP contribution in [0, 0.1) is 0 Å². The van der Waals surface area contributed by atoms with Crippen LogP contribution < -0.4 is 0 Å². The predicted molar refractivity (Wildman–Crippen MR) is 49.4 cm³/mol. The van der Waals surface area contributed by atoms with Gasteiger partial charge < -0.3 is 13.9 Å². The average Bonchev–Trinajstić information content (AvgIpc) is 2.06. The predicted octanol–water partition coefficient (Wildman–Crippen LogP) is 1.64. The smallest absolute Gasteiger partial charge is 0.261 e. The molecule has 0 aliphatic rings. The van der Waals surface area contributed by atoms with Crippen molar-refractivity contribution in [2.24, 2.45) is 0 Å². The molecule has 0 N–H and O–H groups in total. The van der Waals surface area contributed by atoms with Crippen LogP contribution in [0.15, 0.2) is 0 Å². The quantitative estimate of drug-likeness (QED) is 0.264. The Bertz CT molecular complexity index is 88.7. The number of hydrogen-bond acceptors (Lipinski definition) is 3. The monoisotopic (exact) mass is 210 g/mol. The molecular weight excluding hydrogens is 196 g/mol. The van der Waals surface area contributed by atoms with Crippen LogP contribution in [-0.2, 0) is 13.9 Å². The minimum atomic E-state index is -0.512. The Kier molecular flexibility index (Phi) is 9.78. The maximum atomic E-state index is 5.48. The van der Waals surface area contributed by atoms with E-state index in [-0.39, 0.29) is 0 Å². The van der Waals surface area contributed by atoms with Gasteiger partial charge in [-0.25, -0.2) is 0 Å². The summed E-state index contributed by atoms with van der Waals surface area (Å²) < 4.78 is 15.6. The molecule has 0 atom stereocenters. The second kappa shape index (κ2) is 9.47. The average molecular weight is 211 g/mol. The lowest BCUT2D eigenvalue weighted by Crippen LogP contribution is -2.23. The molecule has 0 amide bonds. The van der Waals surface area contributed by atoms with E-state index in [0.29, 0.717) is 28.9 Å². The fourth-order valence-corrected chi connectivity index (χ4v) is 1.25. The molecule has 0 unspecified atom stereocenters. The molecule has 5 heteroatoms. The summed E-state index contributed by atoms with van der Waals surface area (Å²) in [6, 6.07) is 0.845. The molecule has 0 bridgehead atoms. The second-order valence-electron chi connectivity index (χ2n) is 1.90. The van der Waals surface area contributed by atoms with Crippen LogP contribution in [0.25, 0.3) is 0 Å². The normalized spacial score (nSPS) is 11.0. The van der Waals surface area contributed by atoms with Gasteiger partial charge in [-0.15, -0.1) is 11.6 Å². The van der Waals surface area contributed by atoms with E-state index < -0.39 is 6.48 Å². The van der Waals surface area contributed by atoms with Crippen molar-refractivity contribution in [3.05, 3.63) is 0 Å². The van der Waals surface area contributed by atoms with Gasteiger partial charge in [0.1, 0.15) is 0 Å². The molecule has 0 heterocycles. The number of alkyl halides is 1. The fourth-order valence-electron chi connectivity index (χ4n) is 0.554. The summed E-state index contributed by atoms with van der Waals surface area (Å²) in [6.07, 6.45) is 0. The van der Waals surface area contributed by atoms with Crippen LogP contribution in [0.3, 0.4) is 0 Å². The van der Waals surface area contributed by atoms with E-state index in [1.165, 1.54) is 0 Å². The van der Waals surface area contributed by atoms with Crippen LogP contribution >= 0.6 is 11.6 Å². The van der Waals surface area contributed by atoms with E-state index >= 15 is 0 Å². The van der Waals surface area contributed by atoms with Gasteiger partial charge in [-0.3, -0.25) is 0 Å². The van der Waals surface area contributed by atoms with E-state index in [0.717, 1.165) is 6.04 Å². The van der Waals surface area contributed by atoms with E-state index in [4.69, 9.17) is 25.5 Å². The standard InChI is InChI=1S/C7H15ClO3Si/c1-3-9-7(10-4-2)11-12-6-5-8/h7H,3-6H2,1-2H3. The molecule has 0 spiro atoms. The maximum Gasteiger partial charge on any atom is 0.261 e. The highest BCUT2D eigenvalue weighted by molar-refractivity contribution is 6.31. The Balaban J connectivity index is 3.34. The topological polar surface area (TPSA) is 27.7 Å². The first-order valence-corrected chi connectivity index (χ1v) is 5.67. The molecule has 72 valence electrons. The second-order valence-corrected chi connectivity index (χ2v) is 3.30. The molecule has 0 aliphatic heterocycles. The molecule has 3 nitrogen and oxygen atoms in total. The Morgan fingerprint density at radius 3 is 2.25 bits per heavy atom. The number of halogens is 1. The van der Waals surface area contributed by atoms with Crippen molar-refractivity contribution in [3.8, 4) is 0 Å². The highest BCUT2D eigenvalue weighted by atomic mass is 35.5. The maximum absolute atomic E-state index is 5.48. The first-order chi connectivity index (χ1) is 5.85. The molecule has 0 saturated heterocycles. The van der Waals surface area contributed by atoms with Gasteiger partial charge in [-0.05, 0) is 19.9 Å². The molecule has 0 saturated carbocycles. The number of rotatable bonds is 8. The van der Waals surface area contributed by atoms with Gasteiger partial charge in [-0.2, -0.15) is 0 Å². The lowest BCUT2D eigenvalue weighted by atomic mass is 10.8. The third-order valence-corrected chi connectivity index (χ3v) is 2.30. The van der Waals surface area contributed by atoms with Crippen LogP contribution in [-0.4, -0.2) is 35.3 Å². The largest absolute Gasteiger partial charge is 0.372 e. The van der Waals surface area contributed by atoms with Crippen molar-refractivity contribution in [2.75, 3.05) is 19.1 Å². The zero-order valence-corrected chi connectivity index (χ0v) is 9.26. The Morgan fingerprint density at radius 2 is 1.83 bits per heavy atom. The zero-order valence-electron chi connectivity index (χ0n) is 7.51. The first kappa shape index (κ1) is 12.4. The van der Waals surface area contributed by atoms with E-state index in [1.54, 1.807) is 0 Å². The Labute approximate surface area is 81.3 Å². The molecule has 0 aliphatic carbocycles. The minimum Gasteiger partial charge on any atom is -0.372 e. The summed E-state index contributed by atoms with van der Waals surface area (Å²) in [4.78, 5) is 0. The summed E-state index contributed by atoms with van der Waals surface area (Å²) in [5.74, 6) is 0.614. The van der Waals surface area contributed by atoms with Gasteiger partial charge in [-0.1, -0.05) is 0 Å². The van der Waals surface area contributed by atoms with Gasteiger partial charge >= 0.3 is 0 Å². The SMILES string of the molecule is CCOC(OCC)O[Si]CCCl. The fraction of sp³-hybridized carbons (Fsp3) is 1.00. The van der Waals surface area contributed by atoms with Crippen LogP contribution in [0.4, 0.5) is 0 Å². The van der Waals surface area contributed by atoms with E-state index in [1.807, 2.05) is 13.8 Å². The Hall–Kier alpha value is 0.387. The third kappa shape index (κ3) is 7.06. The summed E-state index contributed by atoms with van der Waals surface area (Å²) in [6.45, 7) is 4.48. The molecule has 0 aromatic carbocycles. The van der Waals surface area contributed by atoms with Crippen LogP contribution in [0.5, 0.6) is 0 Å². The van der Waals surface area contributed by atoms with E-state index in [2.05, 4.69) is 0 Å². The highest BCUT2D eigenvalue weighted by Gasteiger charge is 2.07. The lowest BCUT2D eigenvalue weighted by Gasteiger charge is -2.16. The van der Waals surface area contributed by atoms with Crippen molar-refractivity contribution in [3.63, 3.8) is 0 Å². The third-order valence-electron chi connectivity index (χ3n) is 0.982. The van der Waals surface area contributed by atoms with Crippen molar-refractivity contribution >= 4 is 21.4 Å². The minimum absolute atomic E-state index is 0.350. The summed E-state index contributed by atoms with van der Waals surface area (Å²) >= 11 is 5.48. The molecule has 12 heavy (non-hydrogen) atoms. The van der Waals surface area contributed by atoms with Crippen molar-refractivity contribution in [2.45, 2.75) is 26.4 Å². The van der Waals surface area contributed by atoms with Gasteiger partial charge in [0, 0.05) is 19.1 Å². The zero-order chi connectivity index (χ0) is 9.23. The first-order valence-electron chi connectivity index (χ1n) is 4.02. The van der Waals surface area contributed by atoms with Crippen LogP contribution in [0.2, 0.25) is 6.04 Å². The van der Waals surface area contributed by atoms with Crippen molar-refractivity contribution < 1.29 is 13.9 Å². The van der Waals surface area contributed by atoms with Gasteiger partial charge in [0.25, 0.3) is 6.48 Å². The molecular formula is C7H15ClO3Si. The van der Waals surface area contributed by atoms with E-state index in [9.17, 15) is 0 Å². The number of hydrogen-bond donors (Lipinski definition) is 0. The van der Waals surface area contributed by atoms with Crippen LogP contribution in [0.1, 0.15) is 13.8 Å². The van der Waals surface area contributed by atoms with Crippen molar-refractivity contribution in [1.29, 1.82) is 0 Å². The molecule has 0 fully saturated rings. The van der Waals surface area contributed by atoms with Gasteiger partial charge in [0.2, 0.25) is 9.76 Å². The van der Waals surface area contributed by atoms with Gasteiger partial charge in [0.05, 0.1) is 0 Å². The molecule has 2 radical (unpaired) electrons. The molecule has 0 aromatic rings. The summed E-state index contributed by atoms with van der Waals surface area (Å²) in [5.41, 5.74) is 0. The van der Waals surface area contributed by atoms with Gasteiger partial charge in [0.15, 0.2) is 0 Å². The van der Waals surface area contributed by atoms with Crippen molar-refractivity contribution in [1.82, 2.24) is 0 Å². The molecule has 0 rings (SSSR count). The molecule has 0 aromatic heterocycles. The Morgan fingerprint density at radius 1 is 1.25 bits per heavy atom. The number of ether oxygens (including phenoxy) is 2. The highest BCUT2D eigenvalue weighted by Crippen LogP contribution is 1.97. The summed E-state index contributed by atoms with van der Waals surface area (Å²) in [7, 11) is 0.350. The lowest BCUT2D eigenvalue weighted by molar-refractivity contribution is -0.243.